The number of nitrogens with one attached hydrogen (secondary N) is 1. The fourth-order valence-electron chi connectivity index (χ4n) is 2.87. The summed E-state index contributed by atoms with van der Waals surface area (Å²) in [5.74, 6) is 0.890. The van der Waals surface area contributed by atoms with Crippen molar-refractivity contribution in [2.24, 2.45) is 5.92 Å². The molecule has 1 aliphatic carbocycles. The average Bonchev–Trinajstić information content (AvgIpc) is 2.41. The molecule has 0 aromatic heterocycles. The zero-order valence-electron chi connectivity index (χ0n) is 11.2. The van der Waals surface area contributed by atoms with Crippen molar-refractivity contribution < 1.29 is 0 Å². The summed E-state index contributed by atoms with van der Waals surface area (Å²) in [6, 6.07) is 8.15. The first-order valence-electron chi connectivity index (χ1n) is 7.05. The van der Waals surface area contributed by atoms with Crippen molar-refractivity contribution in [3.05, 3.63) is 29.3 Å². The predicted molar refractivity (Wildman–Crippen MR) is 75.6 cm³/mol. The van der Waals surface area contributed by atoms with Crippen molar-refractivity contribution in [1.29, 1.82) is 5.26 Å². The maximum atomic E-state index is 9.10. The second-order valence-electron chi connectivity index (χ2n) is 5.33. The van der Waals surface area contributed by atoms with Gasteiger partial charge in [0, 0.05) is 6.54 Å². The first-order chi connectivity index (χ1) is 8.81. The van der Waals surface area contributed by atoms with Crippen molar-refractivity contribution in [2.75, 3.05) is 11.9 Å². The lowest BCUT2D eigenvalue weighted by molar-refractivity contribution is 0.345. The molecule has 0 saturated heterocycles. The van der Waals surface area contributed by atoms with Gasteiger partial charge in [-0.05, 0) is 30.9 Å². The minimum atomic E-state index is 0.763. The van der Waals surface area contributed by atoms with Gasteiger partial charge < -0.3 is 5.32 Å². The molecule has 2 nitrogen and oxygen atoms in total. The quantitative estimate of drug-likeness (QED) is 0.856. The van der Waals surface area contributed by atoms with Crippen LogP contribution in [0.5, 0.6) is 0 Å². The largest absolute Gasteiger partial charge is 0.384 e. The van der Waals surface area contributed by atoms with E-state index in [1.807, 2.05) is 12.1 Å². The number of nitrogens with zero attached hydrogens (tertiary/aromatic N) is 1. The highest BCUT2D eigenvalue weighted by Gasteiger charge is 2.13. The van der Waals surface area contributed by atoms with E-state index in [9.17, 15) is 0 Å². The Balaban J connectivity index is 1.88. The van der Waals surface area contributed by atoms with Gasteiger partial charge in [0.2, 0.25) is 0 Å². The average molecular weight is 242 g/mol. The SMILES string of the molecule is Cc1cccc(C#N)c1NCCC1CCCCC1. The summed E-state index contributed by atoms with van der Waals surface area (Å²) in [6.45, 7) is 3.05. The Kier molecular flexibility index (Phi) is 4.64. The van der Waals surface area contributed by atoms with Gasteiger partial charge in [-0.15, -0.1) is 0 Å². The number of nitriles is 1. The van der Waals surface area contributed by atoms with Crippen molar-refractivity contribution in [3.63, 3.8) is 0 Å². The molecule has 1 aromatic carbocycles. The van der Waals surface area contributed by atoms with E-state index < -0.39 is 0 Å². The molecular weight excluding hydrogens is 220 g/mol. The summed E-state index contributed by atoms with van der Waals surface area (Å²) < 4.78 is 0. The van der Waals surface area contributed by atoms with Crippen molar-refractivity contribution in [2.45, 2.75) is 45.4 Å². The zero-order chi connectivity index (χ0) is 12.8. The summed E-state index contributed by atoms with van der Waals surface area (Å²) in [7, 11) is 0. The summed E-state index contributed by atoms with van der Waals surface area (Å²) in [5, 5.41) is 12.6. The van der Waals surface area contributed by atoms with Crippen molar-refractivity contribution in [1.82, 2.24) is 0 Å². The fourth-order valence-corrected chi connectivity index (χ4v) is 2.87. The highest BCUT2D eigenvalue weighted by atomic mass is 14.9. The van der Waals surface area contributed by atoms with Crippen molar-refractivity contribution >= 4 is 5.69 Å². The van der Waals surface area contributed by atoms with E-state index in [1.165, 1.54) is 38.5 Å². The highest BCUT2D eigenvalue weighted by Crippen LogP contribution is 2.27. The molecule has 18 heavy (non-hydrogen) atoms. The number of rotatable bonds is 4. The number of hydrogen-bond donors (Lipinski definition) is 1. The Morgan fingerprint density at radius 1 is 1.28 bits per heavy atom. The van der Waals surface area contributed by atoms with Gasteiger partial charge in [-0.2, -0.15) is 5.26 Å². The van der Waals surface area contributed by atoms with Crippen LogP contribution in [0.3, 0.4) is 0 Å². The molecule has 1 N–H and O–H groups in total. The number of hydrogen-bond acceptors (Lipinski definition) is 2. The standard InChI is InChI=1S/C16H22N2/c1-13-6-5-9-15(12-17)16(13)18-11-10-14-7-3-2-4-8-14/h5-6,9,14,18H,2-4,7-8,10-11H2,1H3. The summed E-state index contributed by atoms with van der Waals surface area (Å²) in [4.78, 5) is 0. The predicted octanol–water partition coefficient (Wildman–Crippen LogP) is 4.25. The number of para-hydroxylation sites is 1. The molecule has 1 aliphatic rings. The molecule has 0 unspecified atom stereocenters. The molecule has 0 aliphatic heterocycles. The summed E-state index contributed by atoms with van der Waals surface area (Å²) in [5.41, 5.74) is 2.95. The van der Waals surface area contributed by atoms with Crippen molar-refractivity contribution in [3.8, 4) is 6.07 Å². The highest BCUT2D eigenvalue weighted by molar-refractivity contribution is 5.62. The van der Waals surface area contributed by atoms with Crippen LogP contribution in [0.2, 0.25) is 0 Å². The van der Waals surface area contributed by atoms with Crippen LogP contribution in [-0.2, 0) is 0 Å². The van der Waals surface area contributed by atoms with Gasteiger partial charge in [0.25, 0.3) is 0 Å². The van der Waals surface area contributed by atoms with E-state index >= 15 is 0 Å². The Bertz CT molecular complexity index is 425. The van der Waals surface area contributed by atoms with Gasteiger partial charge in [-0.3, -0.25) is 0 Å². The first-order valence-corrected chi connectivity index (χ1v) is 7.05. The lowest BCUT2D eigenvalue weighted by atomic mass is 9.87. The Morgan fingerprint density at radius 3 is 2.78 bits per heavy atom. The molecule has 1 saturated carbocycles. The Morgan fingerprint density at radius 2 is 2.06 bits per heavy atom. The monoisotopic (exact) mass is 242 g/mol. The van der Waals surface area contributed by atoms with E-state index in [0.29, 0.717) is 0 Å². The molecule has 0 atom stereocenters. The topological polar surface area (TPSA) is 35.8 Å². The minimum absolute atomic E-state index is 0.763. The molecular formula is C16H22N2. The molecule has 0 spiro atoms. The van der Waals surface area contributed by atoms with Gasteiger partial charge in [0.05, 0.1) is 11.3 Å². The van der Waals surface area contributed by atoms with Crippen LogP contribution in [0.15, 0.2) is 18.2 Å². The zero-order valence-corrected chi connectivity index (χ0v) is 11.2. The molecule has 2 rings (SSSR count). The maximum absolute atomic E-state index is 9.10. The molecule has 1 aromatic rings. The van der Waals surface area contributed by atoms with Crippen LogP contribution in [-0.4, -0.2) is 6.54 Å². The molecule has 1 fully saturated rings. The van der Waals surface area contributed by atoms with Gasteiger partial charge in [0.1, 0.15) is 6.07 Å². The number of anilines is 1. The smallest absolute Gasteiger partial charge is 0.101 e. The molecule has 0 amide bonds. The van der Waals surface area contributed by atoms with E-state index in [2.05, 4.69) is 24.4 Å². The van der Waals surface area contributed by atoms with E-state index in [-0.39, 0.29) is 0 Å². The van der Waals surface area contributed by atoms with Gasteiger partial charge >= 0.3 is 0 Å². The van der Waals surface area contributed by atoms with Crippen LogP contribution in [0, 0.1) is 24.2 Å². The third-order valence-electron chi connectivity index (χ3n) is 3.97. The minimum Gasteiger partial charge on any atom is -0.384 e. The molecule has 0 radical (unpaired) electrons. The van der Waals surface area contributed by atoms with Crippen LogP contribution in [0.1, 0.15) is 49.7 Å². The van der Waals surface area contributed by atoms with E-state index in [0.717, 1.165) is 29.3 Å². The van der Waals surface area contributed by atoms with Crippen LogP contribution < -0.4 is 5.32 Å². The number of benzene rings is 1. The second-order valence-corrected chi connectivity index (χ2v) is 5.33. The van der Waals surface area contributed by atoms with Crippen LogP contribution in [0.4, 0.5) is 5.69 Å². The normalized spacial score (nSPS) is 16.2. The van der Waals surface area contributed by atoms with E-state index in [4.69, 9.17) is 5.26 Å². The lowest BCUT2D eigenvalue weighted by Gasteiger charge is -2.22. The fraction of sp³-hybridized carbons (Fsp3) is 0.562. The lowest BCUT2D eigenvalue weighted by Crippen LogP contribution is -2.13. The molecule has 0 bridgehead atoms. The third kappa shape index (κ3) is 3.26. The Labute approximate surface area is 110 Å². The third-order valence-corrected chi connectivity index (χ3v) is 3.97. The first kappa shape index (κ1) is 13.0. The van der Waals surface area contributed by atoms with Crippen LogP contribution in [0.25, 0.3) is 0 Å². The van der Waals surface area contributed by atoms with Gasteiger partial charge in [0.15, 0.2) is 0 Å². The summed E-state index contributed by atoms with van der Waals surface area (Å²) >= 11 is 0. The Hall–Kier alpha value is -1.49. The number of aryl methyl sites for hydroxylation is 1. The van der Waals surface area contributed by atoms with Gasteiger partial charge in [-0.1, -0.05) is 44.2 Å². The molecule has 0 heterocycles. The van der Waals surface area contributed by atoms with Gasteiger partial charge in [-0.25, -0.2) is 0 Å². The maximum Gasteiger partial charge on any atom is 0.101 e. The summed E-state index contributed by atoms with van der Waals surface area (Å²) in [6.07, 6.45) is 8.23. The second kappa shape index (κ2) is 6.44. The molecule has 2 heteroatoms. The van der Waals surface area contributed by atoms with Crippen LogP contribution >= 0.6 is 0 Å². The van der Waals surface area contributed by atoms with E-state index in [1.54, 1.807) is 0 Å². The molecule has 96 valence electrons.